The standard InChI is InChI=1S/C17H22N2O/c1-13-5-3-4-6-16(13)19(2)12-14-9-10-20-17(14)11-18-15-7-8-15/h3-6,9-10,15,18H,7-8,11-12H2,1-2H3. The maximum absolute atomic E-state index is 5.62. The summed E-state index contributed by atoms with van der Waals surface area (Å²) in [5.41, 5.74) is 3.84. The molecule has 0 amide bonds. The zero-order valence-electron chi connectivity index (χ0n) is 12.2. The fourth-order valence-electron chi connectivity index (χ4n) is 2.52. The van der Waals surface area contributed by atoms with E-state index in [9.17, 15) is 0 Å². The summed E-state index contributed by atoms with van der Waals surface area (Å²) >= 11 is 0. The lowest BCUT2D eigenvalue weighted by atomic mass is 10.1. The van der Waals surface area contributed by atoms with E-state index in [1.54, 1.807) is 6.26 Å². The summed E-state index contributed by atoms with van der Waals surface area (Å²) in [6, 6.07) is 11.3. The van der Waals surface area contributed by atoms with Crippen molar-refractivity contribution in [2.75, 3.05) is 11.9 Å². The summed E-state index contributed by atoms with van der Waals surface area (Å²) in [5, 5.41) is 3.51. The fraction of sp³-hybridized carbons (Fsp3) is 0.412. The Morgan fingerprint density at radius 3 is 2.80 bits per heavy atom. The summed E-state index contributed by atoms with van der Waals surface area (Å²) in [6.45, 7) is 3.87. The van der Waals surface area contributed by atoms with Gasteiger partial charge in [-0.3, -0.25) is 0 Å². The van der Waals surface area contributed by atoms with E-state index in [1.165, 1.54) is 29.7 Å². The monoisotopic (exact) mass is 270 g/mol. The van der Waals surface area contributed by atoms with Gasteiger partial charge in [0.2, 0.25) is 0 Å². The molecule has 0 unspecified atom stereocenters. The summed E-state index contributed by atoms with van der Waals surface area (Å²) in [7, 11) is 2.13. The van der Waals surface area contributed by atoms with Crippen molar-refractivity contribution in [3.8, 4) is 0 Å². The Morgan fingerprint density at radius 2 is 2.05 bits per heavy atom. The molecule has 0 atom stereocenters. The first-order valence-electron chi connectivity index (χ1n) is 7.29. The number of nitrogens with zero attached hydrogens (tertiary/aromatic N) is 1. The summed E-state index contributed by atoms with van der Waals surface area (Å²) in [5.74, 6) is 1.07. The topological polar surface area (TPSA) is 28.4 Å². The third-order valence-electron chi connectivity index (χ3n) is 3.90. The molecule has 0 saturated heterocycles. The van der Waals surface area contributed by atoms with Gasteiger partial charge < -0.3 is 14.6 Å². The van der Waals surface area contributed by atoms with Gasteiger partial charge in [0.05, 0.1) is 12.8 Å². The highest BCUT2D eigenvalue weighted by Crippen LogP contribution is 2.23. The Bertz CT molecular complexity index is 572. The SMILES string of the molecule is Cc1ccccc1N(C)Cc1ccoc1CNC1CC1. The van der Waals surface area contributed by atoms with Crippen LogP contribution < -0.4 is 10.2 Å². The maximum atomic E-state index is 5.62. The van der Waals surface area contributed by atoms with Crippen LogP contribution in [0.25, 0.3) is 0 Å². The molecule has 20 heavy (non-hydrogen) atoms. The molecule has 1 N–H and O–H groups in total. The molecule has 3 heteroatoms. The van der Waals surface area contributed by atoms with E-state index >= 15 is 0 Å². The largest absolute Gasteiger partial charge is 0.468 e. The van der Waals surface area contributed by atoms with Gasteiger partial charge in [-0.1, -0.05) is 18.2 Å². The quantitative estimate of drug-likeness (QED) is 0.871. The van der Waals surface area contributed by atoms with Crippen LogP contribution in [0.5, 0.6) is 0 Å². The van der Waals surface area contributed by atoms with Gasteiger partial charge in [-0.05, 0) is 37.5 Å². The smallest absolute Gasteiger partial charge is 0.122 e. The number of para-hydroxylation sites is 1. The molecule has 0 spiro atoms. The van der Waals surface area contributed by atoms with E-state index in [1.807, 2.05) is 0 Å². The number of benzene rings is 1. The van der Waals surface area contributed by atoms with Gasteiger partial charge in [-0.15, -0.1) is 0 Å². The van der Waals surface area contributed by atoms with Crippen molar-refractivity contribution in [3.05, 3.63) is 53.5 Å². The van der Waals surface area contributed by atoms with Crippen LogP contribution in [0.15, 0.2) is 41.0 Å². The van der Waals surface area contributed by atoms with E-state index in [-0.39, 0.29) is 0 Å². The van der Waals surface area contributed by atoms with Crippen molar-refractivity contribution >= 4 is 5.69 Å². The second kappa shape index (κ2) is 5.71. The van der Waals surface area contributed by atoms with Crippen molar-refractivity contribution < 1.29 is 4.42 Å². The van der Waals surface area contributed by atoms with Crippen molar-refractivity contribution in [1.82, 2.24) is 5.32 Å². The minimum Gasteiger partial charge on any atom is -0.468 e. The summed E-state index contributed by atoms with van der Waals surface area (Å²) < 4.78 is 5.62. The van der Waals surface area contributed by atoms with Gasteiger partial charge in [-0.25, -0.2) is 0 Å². The Hall–Kier alpha value is -1.74. The van der Waals surface area contributed by atoms with Crippen molar-refractivity contribution in [2.45, 2.75) is 38.9 Å². The van der Waals surface area contributed by atoms with Crippen LogP contribution in [-0.2, 0) is 13.1 Å². The number of anilines is 1. The normalized spacial score (nSPS) is 14.5. The van der Waals surface area contributed by atoms with Crippen LogP contribution in [0.3, 0.4) is 0 Å². The third kappa shape index (κ3) is 3.05. The lowest BCUT2D eigenvalue weighted by molar-refractivity contribution is 0.477. The van der Waals surface area contributed by atoms with Crippen LogP contribution >= 0.6 is 0 Å². The van der Waals surface area contributed by atoms with Crippen LogP contribution in [-0.4, -0.2) is 13.1 Å². The molecule has 2 aromatic rings. The summed E-state index contributed by atoms with van der Waals surface area (Å²) in [4.78, 5) is 2.28. The molecule has 106 valence electrons. The highest BCUT2D eigenvalue weighted by Gasteiger charge is 2.21. The highest BCUT2D eigenvalue weighted by molar-refractivity contribution is 5.52. The van der Waals surface area contributed by atoms with Gasteiger partial charge in [0.25, 0.3) is 0 Å². The van der Waals surface area contributed by atoms with E-state index in [2.05, 4.69) is 54.5 Å². The number of nitrogens with one attached hydrogen (secondary N) is 1. The molecule has 3 nitrogen and oxygen atoms in total. The second-order valence-electron chi connectivity index (χ2n) is 5.67. The molecule has 1 saturated carbocycles. The van der Waals surface area contributed by atoms with Crippen LogP contribution in [0.2, 0.25) is 0 Å². The first kappa shape index (κ1) is 13.3. The molecule has 1 aromatic carbocycles. The second-order valence-corrected chi connectivity index (χ2v) is 5.67. The van der Waals surface area contributed by atoms with Gasteiger partial charge >= 0.3 is 0 Å². The Balaban J connectivity index is 1.67. The van der Waals surface area contributed by atoms with E-state index < -0.39 is 0 Å². The molecule has 0 radical (unpaired) electrons. The van der Waals surface area contributed by atoms with E-state index in [4.69, 9.17) is 4.42 Å². The van der Waals surface area contributed by atoms with Crippen molar-refractivity contribution in [2.24, 2.45) is 0 Å². The highest BCUT2D eigenvalue weighted by atomic mass is 16.3. The minimum atomic E-state index is 0.710. The van der Waals surface area contributed by atoms with Crippen LogP contribution in [0.1, 0.15) is 29.7 Å². The predicted molar refractivity (Wildman–Crippen MR) is 81.9 cm³/mol. The average molecular weight is 270 g/mol. The predicted octanol–water partition coefficient (Wildman–Crippen LogP) is 3.48. The Morgan fingerprint density at radius 1 is 1.25 bits per heavy atom. The molecule has 1 aliphatic rings. The fourth-order valence-corrected chi connectivity index (χ4v) is 2.52. The van der Waals surface area contributed by atoms with Gasteiger partial charge in [0, 0.05) is 30.9 Å². The molecule has 1 aliphatic carbocycles. The molecule has 0 aliphatic heterocycles. The molecular formula is C17H22N2O. The Labute approximate surface area is 120 Å². The van der Waals surface area contributed by atoms with Crippen molar-refractivity contribution in [1.29, 1.82) is 0 Å². The van der Waals surface area contributed by atoms with Gasteiger partial charge in [-0.2, -0.15) is 0 Å². The first-order chi connectivity index (χ1) is 9.74. The Kier molecular flexibility index (Phi) is 3.79. The molecule has 1 heterocycles. The van der Waals surface area contributed by atoms with Gasteiger partial charge in [0.1, 0.15) is 5.76 Å². The van der Waals surface area contributed by atoms with Crippen molar-refractivity contribution in [3.63, 3.8) is 0 Å². The number of rotatable bonds is 6. The lowest BCUT2D eigenvalue weighted by Gasteiger charge is -2.21. The van der Waals surface area contributed by atoms with Gasteiger partial charge in [0.15, 0.2) is 0 Å². The molecular weight excluding hydrogens is 248 g/mol. The van der Waals surface area contributed by atoms with E-state index in [0.29, 0.717) is 6.04 Å². The number of hydrogen-bond donors (Lipinski definition) is 1. The average Bonchev–Trinajstić information content (AvgIpc) is 3.17. The third-order valence-corrected chi connectivity index (χ3v) is 3.90. The molecule has 1 fully saturated rings. The van der Waals surface area contributed by atoms with Crippen LogP contribution in [0, 0.1) is 6.92 Å². The zero-order valence-corrected chi connectivity index (χ0v) is 12.2. The van der Waals surface area contributed by atoms with Crippen LogP contribution in [0.4, 0.5) is 5.69 Å². The molecule has 3 rings (SSSR count). The number of aryl methyl sites for hydroxylation is 1. The lowest BCUT2D eigenvalue weighted by Crippen LogP contribution is -2.20. The molecule has 0 bridgehead atoms. The minimum absolute atomic E-state index is 0.710. The maximum Gasteiger partial charge on any atom is 0.122 e. The molecule has 1 aromatic heterocycles. The zero-order chi connectivity index (χ0) is 13.9. The number of hydrogen-bond acceptors (Lipinski definition) is 3. The first-order valence-corrected chi connectivity index (χ1v) is 7.29. The van der Waals surface area contributed by atoms with E-state index in [0.717, 1.165) is 18.8 Å². The summed E-state index contributed by atoms with van der Waals surface area (Å²) in [6.07, 6.45) is 4.41. The number of furan rings is 1.